The smallest absolute Gasteiger partial charge is 0.307 e. The molecule has 2 aliphatic rings. The second-order valence-corrected chi connectivity index (χ2v) is 9.74. The first-order chi connectivity index (χ1) is 19.4. The second kappa shape index (κ2) is 13.5. The second-order valence-electron chi connectivity index (χ2n) is 9.74. The van der Waals surface area contributed by atoms with Crippen LogP contribution < -0.4 is 14.8 Å². The van der Waals surface area contributed by atoms with Gasteiger partial charge in [-0.2, -0.15) is 0 Å². The van der Waals surface area contributed by atoms with Crippen LogP contribution in [-0.2, 0) is 9.53 Å². The average Bonchev–Trinajstić information content (AvgIpc) is 3.58. The van der Waals surface area contributed by atoms with Gasteiger partial charge in [-0.15, -0.1) is 0 Å². The highest BCUT2D eigenvalue weighted by Gasteiger charge is 2.25. The fraction of sp³-hybridized carbons (Fsp3) is 0.303. The molecule has 7 heteroatoms. The molecule has 0 bridgehead atoms. The summed E-state index contributed by atoms with van der Waals surface area (Å²) in [5, 5.41) is 2.20. The number of ether oxygens (including phenoxy) is 3. The van der Waals surface area contributed by atoms with Crippen molar-refractivity contribution in [2.24, 2.45) is 0 Å². The lowest BCUT2D eigenvalue weighted by atomic mass is 9.95. The normalized spacial score (nSPS) is 14.6. The number of hydrogen-bond acceptors (Lipinski definition) is 6. The maximum Gasteiger partial charge on any atom is 0.307 e. The summed E-state index contributed by atoms with van der Waals surface area (Å²) >= 11 is 0. The van der Waals surface area contributed by atoms with E-state index in [-0.39, 0.29) is 36.2 Å². The molecule has 1 saturated carbocycles. The number of rotatable bonds is 6. The summed E-state index contributed by atoms with van der Waals surface area (Å²) in [6.07, 6.45) is 4.92. The van der Waals surface area contributed by atoms with Crippen LogP contribution in [0.1, 0.15) is 75.4 Å². The molecule has 1 aliphatic carbocycles. The Balaban J connectivity index is 0.000000278. The predicted octanol–water partition coefficient (Wildman–Crippen LogP) is 5.59. The van der Waals surface area contributed by atoms with Crippen molar-refractivity contribution in [3.63, 3.8) is 0 Å². The largest absolute Gasteiger partial charge is 0.493 e. The predicted molar refractivity (Wildman–Crippen MR) is 152 cm³/mol. The van der Waals surface area contributed by atoms with Crippen molar-refractivity contribution in [2.75, 3.05) is 14.2 Å². The number of hydrogen-bond donors (Lipinski definition) is 1. The van der Waals surface area contributed by atoms with Crippen LogP contribution in [0.25, 0.3) is 0 Å². The molecule has 1 heterocycles. The summed E-state index contributed by atoms with van der Waals surface area (Å²) < 4.78 is 16.6. The highest BCUT2D eigenvalue weighted by Crippen LogP contribution is 2.35. The third kappa shape index (κ3) is 7.29. The number of esters is 1. The lowest BCUT2D eigenvalue weighted by molar-refractivity contribution is -0.140. The monoisotopic (exact) mass is 539 g/mol. The summed E-state index contributed by atoms with van der Waals surface area (Å²) in [7, 11) is 3.04. The fourth-order valence-electron chi connectivity index (χ4n) is 4.70. The minimum absolute atomic E-state index is 0.185. The molecule has 1 fully saturated rings. The number of methoxy groups -OCH3 is 2. The molecule has 1 N–H and O–H groups in total. The first-order valence-electron chi connectivity index (χ1n) is 13.3. The van der Waals surface area contributed by atoms with E-state index in [0.29, 0.717) is 22.6 Å². The molecule has 1 unspecified atom stereocenters. The van der Waals surface area contributed by atoms with E-state index in [1.165, 1.54) is 20.0 Å². The van der Waals surface area contributed by atoms with Gasteiger partial charge in [0.1, 0.15) is 0 Å². The number of benzene rings is 3. The molecule has 0 spiro atoms. The van der Waals surface area contributed by atoms with Gasteiger partial charge in [0.15, 0.2) is 11.5 Å². The van der Waals surface area contributed by atoms with Gasteiger partial charge >= 0.3 is 5.97 Å². The van der Waals surface area contributed by atoms with Gasteiger partial charge < -0.3 is 14.2 Å². The van der Waals surface area contributed by atoms with Gasteiger partial charge in [-0.1, -0.05) is 42.2 Å². The Bertz CT molecular complexity index is 1410. The van der Waals surface area contributed by atoms with Gasteiger partial charge in [0, 0.05) is 5.56 Å². The van der Waals surface area contributed by atoms with Crippen LogP contribution in [0.4, 0.5) is 0 Å². The van der Waals surface area contributed by atoms with Gasteiger partial charge in [0.25, 0.3) is 11.8 Å². The van der Waals surface area contributed by atoms with Gasteiger partial charge in [-0.25, -0.2) is 0 Å². The van der Waals surface area contributed by atoms with E-state index in [4.69, 9.17) is 14.2 Å². The number of imide groups is 1. The molecule has 1 atom stereocenters. The SMILES string of the molecule is COC(=O)CC(C#Cc1cccc(C)c1)c1ccc(OC)c(OC2CCCC2)c1.O=C1NC(=O)c2ccccc21. The summed E-state index contributed by atoms with van der Waals surface area (Å²) in [4.78, 5) is 33.9. The Morgan fingerprint density at radius 1 is 0.925 bits per heavy atom. The molecule has 2 amide bonds. The van der Waals surface area contributed by atoms with Crippen LogP contribution in [0.3, 0.4) is 0 Å². The zero-order chi connectivity index (χ0) is 28.5. The standard InChI is InChI=1S/C25H28O4.C8H5NO2/c1-18-7-6-8-19(15-18)11-12-21(17-25(26)28-3)20-13-14-23(27-2)24(16-20)29-22-9-4-5-10-22;10-7-5-3-1-2-4-6(5)8(11)9-7/h6-8,13-16,21-22H,4-5,9-10,17H2,1-3H3;1-4H,(H,9,10,11). The molecule has 0 radical (unpaired) electrons. The lowest BCUT2D eigenvalue weighted by Crippen LogP contribution is -2.19. The highest BCUT2D eigenvalue weighted by molar-refractivity contribution is 6.21. The fourth-order valence-corrected chi connectivity index (χ4v) is 4.70. The quantitative estimate of drug-likeness (QED) is 0.249. The Morgan fingerprint density at radius 2 is 1.62 bits per heavy atom. The highest BCUT2D eigenvalue weighted by atomic mass is 16.5. The maximum atomic E-state index is 12.0. The number of aryl methyl sites for hydroxylation is 1. The van der Waals surface area contributed by atoms with Crippen LogP contribution in [0.2, 0.25) is 0 Å². The van der Waals surface area contributed by atoms with E-state index >= 15 is 0 Å². The van der Waals surface area contributed by atoms with E-state index in [9.17, 15) is 14.4 Å². The summed E-state index contributed by atoms with van der Waals surface area (Å²) in [5.41, 5.74) is 3.94. The Labute approximate surface area is 234 Å². The van der Waals surface area contributed by atoms with Crippen LogP contribution in [0.15, 0.2) is 66.7 Å². The van der Waals surface area contributed by atoms with E-state index in [2.05, 4.69) is 17.2 Å². The number of nitrogens with one attached hydrogen (secondary N) is 1. The Kier molecular flexibility index (Phi) is 9.58. The molecule has 7 nitrogen and oxygen atoms in total. The topological polar surface area (TPSA) is 90.9 Å². The number of fused-ring (bicyclic) bond motifs is 1. The zero-order valence-electron chi connectivity index (χ0n) is 23.0. The average molecular weight is 540 g/mol. The molecule has 3 aromatic rings. The van der Waals surface area contributed by atoms with E-state index in [1.807, 2.05) is 49.4 Å². The first-order valence-corrected chi connectivity index (χ1v) is 13.3. The van der Waals surface area contributed by atoms with E-state index in [1.54, 1.807) is 31.4 Å². The van der Waals surface area contributed by atoms with Crippen molar-refractivity contribution >= 4 is 17.8 Å². The molecule has 1 aliphatic heterocycles. The van der Waals surface area contributed by atoms with Gasteiger partial charge in [-0.3, -0.25) is 19.7 Å². The molecule has 5 rings (SSSR count). The molecule has 40 heavy (non-hydrogen) atoms. The van der Waals surface area contributed by atoms with Crippen LogP contribution in [0.5, 0.6) is 11.5 Å². The minimum atomic E-state index is -0.300. The Morgan fingerprint density at radius 3 is 2.25 bits per heavy atom. The third-order valence-corrected chi connectivity index (χ3v) is 6.84. The van der Waals surface area contributed by atoms with Crippen LogP contribution in [-0.4, -0.2) is 38.1 Å². The number of amides is 2. The molecule has 3 aromatic carbocycles. The Hall–Kier alpha value is -4.57. The van der Waals surface area contributed by atoms with Crippen LogP contribution >= 0.6 is 0 Å². The number of carbonyl (C=O) groups is 3. The van der Waals surface area contributed by atoms with Crippen LogP contribution in [0, 0.1) is 18.8 Å². The molecule has 206 valence electrons. The molecular weight excluding hydrogens is 506 g/mol. The van der Waals surface area contributed by atoms with E-state index in [0.717, 1.165) is 29.5 Å². The van der Waals surface area contributed by atoms with Crippen molar-refractivity contribution in [3.05, 3.63) is 94.5 Å². The molecular formula is C33H33NO6. The minimum Gasteiger partial charge on any atom is -0.493 e. The number of carbonyl (C=O) groups excluding carboxylic acids is 3. The summed E-state index contributed by atoms with van der Waals surface area (Å²) in [5.74, 6) is 6.69. The first kappa shape index (κ1) is 28.4. The van der Waals surface area contributed by atoms with Gasteiger partial charge in [-0.05, 0) is 80.1 Å². The van der Waals surface area contributed by atoms with Crippen molar-refractivity contribution in [3.8, 4) is 23.3 Å². The van der Waals surface area contributed by atoms with Crippen molar-refractivity contribution in [1.82, 2.24) is 5.32 Å². The molecule has 0 saturated heterocycles. The van der Waals surface area contributed by atoms with E-state index < -0.39 is 0 Å². The zero-order valence-corrected chi connectivity index (χ0v) is 23.0. The summed E-state index contributed by atoms with van der Waals surface area (Å²) in [6, 6.07) is 20.5. The van der Waals surface area contributed by atoms with Crippen molar-refractivity contribution in [1.29, 1.82) is 0 Å². The molecule has 0 aromatic heterocycles. The van der Waals surface area contributed by atoms with Crippen molar-refractivity contribution < 1.29 is 28.6 Å². The maximum absolute atomic E-state index is 12.0. The third-order valence-electron chi connectivity index (χ3n) is 6.84. The van der Waals surface area contributed by atoms with Crippen molar-refractivity contribution in [2.45, 2.75) is 51.0 Å². The lowest BCUT2D eigenvalue weighted by Gasteiger charge is -2.18. The van der Waals surface area contributed by atoms with Gasteiger partial charge in [0.05, 0.1) is 43.8 Å². The van der Waals surface area contributed by atoms with Gasteiger partial charge in [0.2, 0.25) is 0 Å². The summed E-state index contributed by atoms with van der Waals surface area (Å²) in [6.45, 7) is 2.03.